The number of benzene rings is 1. The van der Waals surface area contributed by atoms with E-state index in [4.69, 9.17) is 0 Å². The van der Waals surface area contributed by atoms with Crippen LogP contribution in [-0.4, -0.2) is 15.1 Å². The lowest BCUT2D eigenvalue weighted by molar-refractivity contribution is 0.513. The molecule has 2 aromatic rings. The molecule has 1 atom stereocenters. The first-order chi connectivity index (χ1) is 9.60. The average Bonchev–Trinajstić information content (AvgIpc) is 2.89. The van der Waals surface area contributed by atoms with Crippen molar-refractivity contribution in [2.24, 2.45) is 5.92 Å². The van der Waals surface area contributed by atoms with Crippen LogP contribution in [0.1, 0.15) is 31.1 Å². The van der Waals surface area contributed by atoms with Crippen LogP contribution >= 0.6 is 31.9 Å². The van der Waals surface area contributed by atoms with Crippen molar-refractivity contribution >= 4 is 31.9 Å². The van der Waals surface area contributed by atoms with Crippen LogP contribution in [0.3, 0.4) is 0 Å². The SMILES string of the molecule is CC(C)n1ccc(CC(CBr)Cc2ccccc2Br)n1. The third-order valence-electron chi connectivity index (χ3n) is 3.38. The van der Waals surface area contributed by atoms with Gasteiger partial charge in [0.25, 0.3) is 0 Å². The van der Waals surface area contributed by atoms with E-state index in [0.717, 1.165) is 18.2 Å². The number of alkyl halides is 1. The van der Waals surface area contributed by atoms with E-state index in [1.54, 1.807) is 0 Å². The van der Waals surface area contributed by atoms with E-state index in [0.29, 0.717) is 12.0 Å². The molecule has 0 fully saturated rings. The maximum atomic E-state index is 4.65. The highest BCUT2D eigenvalue weighted by molar-refractivity contribution is 9.10. The Balaban J connectivity index is 2.03. The summed E-state index contributed by atoms with van der Waals surface area (Å²) in [5, 5.41) is 5.63. The molecule has 0 aliphatic heterocycles. The fraction of sp³-hybridized carbons (Fsp3) is 0.438. The van der Waals surface area contributed by atoms with Gasteiger partial charge in [-0.25, -0.2) is 0 Å². The molecule has 0 spiro atoms. The second-order valence-corrected chi connectivity index (χ2v) is 6.90. The Labute approximate surface area is 137 Å². The molecule has 108 valence electrons. The Hall–Kier alpha value is -0.610. The number of hydrogen-bond donors (Lipinski definition) is 0. The molecule has 4 heteroatoms. The van der Waals surface area contributed by atoms with Crippen LogP contribution in [0.5, 0.6) is 0 Å². The highest BCUT2D eigenvalue weighted by Crippen LogP contribution is 2.22. The molecule has 2 nitrogen and oxygen atoms in total. The van der Waals surface area contributed by atoms with Gasteiger partial charge >= 0.3 is 0 Å². The third-order valence-corrected chi connectivity index (χ3v) is 5.06. The Morgan fingerprint density at radius 3 is 2.50 bits per heavy atom. The van der Waals surface area contributed by atoms with Gasteiger partial charge in [0.2, 0.25) is 0 Å². The van der Waals surface area contributed by atoms with Crippen LogP contribution in [0, 0.1) is 5.92 Å². The molecule has 0 aliphatic carbocycles. The first-order valence-electron chi connectivity index (χ1n) is 6.93. The fourth-order valence-corrected chi connectivity index (χ4v) is 3.13. The van der Waals surface area contributed by atoms with Gasteiger partial charge in [0.15, 0.2) is 0 Å². The third kappa shape index (κ3) is 4.19. The molecule has 0 radical (unpaired) electrons. The lowest BCUT2D eigenvalue weighted by Gasteiger charge is -2.14. The van der Waals surface area contributed by atoms with Gasteiger partial charge in [0.1, 0.15) is 0 Å². The summed E-state index contributed by atoms with van der Waals surface area (Å²) in [4.78, 5) is 0. The summed E-state index contributed by atoms with van der Waals surface area (Å²) in [6.07, 6.45) is 4.14. The molecule has 1 aromatic heterocycles. The van der Waals surface area contributed by atoms with Crippen molar-refractivity contribution in [3.05, 3.63) is 52.3 Å². The summed E-state index contributed by atoms with van der Waals surface area (Å²) in [5.41, 5.74) is 2.54. The molecular formula is C16H20Br2N2. The predicted molar refractivity (Wildman–Crippen MR) is 91.4 cm³/mol. The van der Waals surface area contributed by atoms with E-state index in [9.17, 15) is 0 Å². The van der Waals surface area contributed by atoms with E-state index in [1.165, 1.54) is 15.7 Å². The molecule has 1 aromatic carbocycles. The summed E-state index contributed by atoms with van der Waals surface area (Å²) in [6.45, 7) is 4.31. The van der Waals surface area contributed by atoms with E-state index >= 15 is 0 Å². The monoisotopic (exact) mass is 398 g/mol. The van der Waals surface area contributed by atoms with Crippen LogP contribution in [0.2, 0.25) is 0 Å². The molecule has 0 saturated heterocycles. The predicted octanol–water partition coefficient (Wildman–Crippen LogP) is 5.02. The highest BCUT2D eigenvalue weighted by atomic mass is 79.9. The van der Waals surface area contributed by atoms with Crippen LogP contribution in [0.15, 0.2) is 41.0 Å². The number of aromatic nitrogens is 2. The van der Waals surface area contributed by atoms with E-state index in [-0.39, 0.29) is 0 Å². The van der Waals surface area contributed by atoms with Crippen LogP contribution in [0.25, 0.3) is 0 Å². The van der Waals surface area contributed by atoms with Gasteiger partial charge < -0.3 is 0 Å². The van der Waals surface area contributed by atoms with E-state index in [1.807, 2.05) is 4.68 Å². The second kappa shape index (κ2) is 7.41. The molecule has 20 heavy (non-hydrogen) atoms. The van der Waals surface area contributed by atoms with Gasteiger partial charge in [-0.2, -0.15) is 5.10 Å². The number of halogens is 2. The fourth-order valence-electron chi connectivity index (χ4n) is 2.23. The van der Waals surface area contributed by atoms with Crippen molar-refractivity contribution in [2.75, 3.05) is 5.33 Å². The average molecular weight is 400 g/mol. The van der Waals surface area contributed by atoms with Crippen molar-refractivity contribution in [3.8, 4) is 0 Å². The minimum Gasteiger partial charge on any atom is -0.270 e. The summed E-state index contributed by atoms with van der Waals surface area (Å²) in [7, 11) is 0. The van der Waals surface area contributed by atoms with Gasteiger partial charge in [-0.3, -0.25) is 4.68 Å². The molecule has 0 N–H and O–H groups in total. The number of hydrogen-bond acceptors (Lipinski definition) is 1. The normalized spacial score (nSPS) is 12.8. The Bertz CT molecular complexity index is 549. The molecule has 2 rings (SSSR count). The minimum atomic E-state index is 0.425. The topological polar surface area (TPSA) is 17.8 Å². The van der Waals surface area contributed by atoms with Crippen LogP contribution < -0.4 is 0 Å². The van der Waals surface area contributed by atoms with E-state index in [2.05, 4.69) is 87.3 Å². The molecule has 1 heterocycles. The molecule has 1 unspecified atom stereocenters. The van der Waals surface area contributed by atoms with Gasteiger partial charge in [-0.05, 0) is 50.3 Å². The Kier molecular flexibility index (Phi) is 5.85. The quantitative estimate of drug-likeness (QED) is 0.623. The van der Waals surface area contributed by atoms with Crippen molar-refractivity contribution < 1.29 is 0 Å². The zero-order valence-corrected chi connectivity index (χ0v) is 15.1. The standard InChI is InChI=1S/C16H20Br2N2/c1-12(2)20-8-7-15(19-20)10-13(11-17)9-14-5-3-4-6-16(14)18/h3-8,12-13H,9-11H2,1-2H3. The van der Waals surface area contributed by atoms with Crippen LogP contribution in [-0.2, 0) is 12.8 Å². The molecular weight excluding hydrogens is 380 g/mol. The van der Waals surface area contributed by atoms with Gasteiger partial charge in [-0.1, -0.05) is 50.1 Å². The number of nitrogens with zero attached hydrogens (tertiary/aromatic N) is 2. The summed E-state index contributed by atoms with van der Waals surface area (Å²) in [5.74, 6) is 0.559. The zero-order chi connectivity index (χ0) is 14.5. The van der Waals surface area contributed by atoms with Gasteiger partial charge in [-0.15, -0.1) is 0 Å². The Morgan fingerprint density at radius 2 is 1.90 bits per heavy atom. The molecule has 0 saturated carbocycles. The summed E-state index contributed by atoms with van der Waals surface area (Å²) < 4.78 is 3.22. The summed E-state index contributed by atoms with van der Waals surface area (Å²) >= 11 is 7.27. The highest BCUT2D eigenvalue weighted by Gasteiger charge is 2.13. The zero-order valence-electron chi connectivity index (χ0n) is 11.9. The van der Waals surface area contributed by atoms with Crippen molar-refractivity contribution in [1.82, 2.24) is 9.78 Å². The maximum absolute atomic E-state index is 4.65. The van der Waals surface area contributed by atoms with Crippen LogP contribution in [0.4, 0.5) is 0 Å². The van der Waals surface area contributed by atoms with Crippen molar-refractivity contribution in [2.45, 2.75) is 32.7 Å². The van der Waals surface area contributed by atoms with Gasteiger partial charge in [0.05, 0.1) is 5.69 Å². The first-order valence-corrected chi connectivity index (χ1v) is 8.85. The van der Waals surface area contributed by atoms with E-state index < -0.39 is 0 Å². The van der Waals surface area contributed by atoms with Crippen molar-refractivity contribution in [1.29, 1.82) is 0 Å². The molecule has 0 amide bonds. The second-order valence-electron chi connectivity index (χ2n) is 5.40. The largest absolute Gasteiger partial charge is 0.270 e. The summed E-state index contributed by atoms with van der Waals surface area (Å²) in [6, 6.07) is 11.0. The smallest absolute Gasteiger partial charge is 0.0627 e. The number of rotatable bonds is 6. The maximum Gasteiger partial charge on any atom is 0.0627 e. The Morgan fingerprint density at radius 1 is 1.15 bits per heavy atom. The minimum absolute atomic E-state index is 0.425. The lowest BCUT2D eigenvalue weighted by atomic mass is 9.97. The lowest BCUT2D eigenvalue weighted by Crippen LogP contribution is -2.11. The molecule has 0 aliphatic rings. The van der Waals surface area contributed by atoms with Crippen molar-refractivity contribution in [3.63, 3.8) is 0 Å². The van der Waals surface area contributed by atoms with Gasteiger partial charge in [0, 0.05) is 22.0 Å². The molecule has 0 bridgehead atoms. The first kappa shape index (κ1) is 15.8.